The minimum absolute atomic E-state index is 0.195. The largest absolute Gasteiger partial charge is 0.311 e. The van der Waals surface area contributed by atoms with Crippen LogP contribution in [0.3, 0.4) is 0 Å². The topological polar surface area (TPSA) is 42.3 Å². The van der Waals surface area contributed by atoms with Crippen molar-refractivity contribution in [1.29, 1.82) is 0 Å². The molecule has 0 aliphatic carbocycles. The monoisotopic (exact) mass is 386 g/mol. The van der Waals surface area contributed by atoms with Gasteiger partial charge in [0.25, 0.3) is 11.5 Å². The number of amides is 1. The summed E-state index contributed by atoms with van der Waals surface area (Å²) in [5.41, 5.74) is 1.83. The molecule has 0 fully saturated rings. The van der Waals surface area contributed by atoms with Gasteiger partial charge < -0.3 is 9.47 Å². The van der Waals surface area contributed by atoms with Gasteiger partial charge in [0.2, 0.25) is 0 Å². The van der Waals surface area contributed by atoms with Crippen LogP contribution in [0.2, 0.25) is 10.0 Å². The Balaban J connectivity index is 1.88. The number of hydrogen-bond donors (Lipinski definition) is 0. The maximum atomic E-state index is 12.7. The minimum Gasteiger partial charge on any atom is -0.311 e. The van der Waals surface area contributed by atoms with Gasteiger partial charge >= 0.3 is 0 Å². The van der Waals surface area contributed by atoms with Crippen LogP contribution in [0.25, 0.3) is 0 Å². The standard InChI is InChI=1S/C20H16Cl2N2O2/c1-23(16-5-3-2-4-6-16)20(26)15-8-10-19(25)24(13-15)12-14-7-9-17(21)18(22)11-14/h2-11,13H,12H2,1H3. The first-order valence-electron chi connectivity index (χ1n) is 7.93. The van der Waals surface area contributed by atoms with Crippen molar-refractivity contribution in [2.45, 2.75) is 6.54 Å². The number of carbonyl (C=O) groups excluding carboxylic acids is 1. The number of nitrogens with zero attached hydrogens (tertiary/aromatic N) is 2. The fourth-order valence-corrected chi connectivity index (χ4v) is 2.90. The molecule has 0 spiro atoms. The van der Waals surface area contributed by atoms with Crippen molar-refractivity contribution < 1.29 is 4.79 Å². The molecule has 3 aromatic rings. The van der Waals surface area contributed by atoms with E-state index in [0.717, 1.165) is 11.3 Å². The summed E-state index contributed by atoms with van der Waals surface area (Å²) in [6.07, 6.45) is 1.56. The van der Waals surface area contributed by atoms with E-state index in [1.165, 1.54) is 16.7 Å². The molecule has 6 heteroatoms. The lowest BCUT2D eigenvalue weighted by Crippen LogP contribution is -2.28. The summed E-state index contributed by atoms with van der Waals surface area (Å²) < 4.78 is 1.48. The number of carbonyl (C=O) groups is 1. The second-order valence-electron chi connectivity index (χ2n) is 5.83. The maximum absolute atomic E-state index is 12.7. The first kappa shape index (κ1) is 18.2. The molecule has 1 heterocycles. The Labute approximate surface area is 161 Å². The van der Waals surface area contributed by atoms with E-state index < -0.39 is 0 Å². The van der Waals surface area contributed by atoms with Crippen molar-refractivity contribution in [3.8, 4) is 0 Å². The zero-order valence-electron chi connectivity index (χ0n) is 14.0. The van der Waals surface area contributed by atoms with E-state index in [1.54, 1.807) is 36.3 Å². The molecule has 1 aromatic heterocycles. The molecular formula is C20H16Cl2N2O2. The van der Waals surface area contributed by atoms with Crippen LogP contribution in [-0.2, 0) is 6.54 Å². The third-order valence-electron chi connectivity index (χ3n) is 4.02. The van der Waals surface area contributed by atoms with E-state index in [1.807, 2.05) is 30.3 Å². The lowest BCUT2D eigenvalue weighted by atomic mass is 10.2. The highest BCUT2D eigenvalue weighted by Gasteiger charge is 2.14. The van der Waals surface area contributed by atoms with Crippen molar-refractivity contribution in [2.75, 3.05) is 11.9 Å². The molecular weight excluding hydrogens is 371 g/mol. The summed E-state index contributed by atoms with van der Waals surface area (Å²) in [6.45, 7) is 0.298. The normalized spacial score (nSPS) is 10.6. The van der Waals surface area contributed by atoms with Crippen molar-refractivity contribution in [3.05, 3.63) is 98.4 Å². The first-order chi connectivity index (χ1) is 12.5. The zero-order valence-corrected chi connectivity index (χ0v) is 15.5. The molecule has 4 nitrogen and oxygen atoms in total. The molecule has 0 saturated carbocycles. The van der Waals surface area contributed by atoms with Crippen molar-refractivity contribution in [2.24, 2.45) is 0 Å². The molecule has 1 amide bonds. The Morgan fingerprint density at radius 2 is 1.73 bits per heavy atom. The van der Waals surface area contributed by atoms with Gasteiger partial charge in [0, 0.05) is 25.0 Å². The third-order valence-corrected chi connectivity index (χ3v) is 4.75. The molecule has 0 unspecified atom stereocenters. The van der Waals surface area contributed by atoms with Gasteiger partial charge in [-0.1, -0.05) is 47.5 Å². The highest BCUT2D eigenvalue weighted by atomic mass is 35.5. The molecule has 0 bridgehead atoms. The van der Waals surface area contributed by atoms with E-state index in [9.17, 15) is 9.59 Å². The zero-order chi connectivity index (χ0) is 18.7. The van der Waals surface area contributed by atoms with Crippen LogP contribution in [0, 0.1) is 0 Å². The van der Waals surface area contributed by atoms with Crippen LogP contribution >= 0.6 is 23.2 Å². The van der Waals surface area contributed by atoms with E-state index in [0.29, 0.717) is 22.2 Å². The molecule has 0 aliphatic rings. The summed E-state index contributed by atoms with van der Waals surface area (Å²) in [6, 6.07) is 17.4. The van der Waals surface area contributed by atoms with Gasteiger partial charge in [-0.05, 0) is 35.9 Å². The number of pyridine rings is 1. The third kappa shape index (κ3) is 3.98. The van der Waals surface area contributed by atoms with Gasteiger partial charge in [-0.15, -0.1) is 0 Å². The van der Waals surface area contributed by atoms with Crippen LogP contribution in [0.15, 0.2) is 71.7 Å². The lowest BCUT2D eigenvalue weighted by Gasteiger charge is -2.18. The fraction of sp³-hybridized carbons (Fsp3) is 0.100. The fourth-order valence-electron chi connectivity index (χ4n) is 2.58. The van der Waals surface area contributed by atoms with Gasteiger partial charge in [0.15, 0.2) is 0 Å². The van der Waals surface area contributed by atoms with Gasteiger partial charge in [-0.3, -0.25) is 9.59 Å². The quantitative estimate of drug-likeness (QED) is 0.663. The highest BCUT2D eigenvalue weighted by Crippen LogP contribution is 2.23. The van der Waals surface area contributed by atoms with Crippen molar-refractivity contribution in [1.82, 2.24) is 4.57 Å². The molecule has 132 valence electrons. The summed E-state index contributed by atoms with van der Waals surface area (Å²) in [5.74, 6) is -0.195. The number of para-hydroxylation sites is 1. The molecule has 3 rings (SSSR count). The number of benzene rings is 2. The molecule has 2 aromatic carbocycles. The van der Waals surface area contributed by atoms with Crippen LogP contribution in [-0.4, -0.2) is 17.5 Å². The molecule has 0 aliphatic heterocycles. The predicted octanol–water partition coefficient (Wildman–Crippen LogP) is 4.48. The molecule has 0 saturated heterocycles. The Hall–Kier alpha value is -2.56. The lowest BCUT2D eigenvalue weighted by molar-refractivity contribution is 0.0992. The van der Waals surface area contributed by atoms with Gasteiger partial charge in [-0.25, -0.2) is 0 Å². The maximum Gasteiger partial charge on any atom is 0.259 e. The van der Waals surface area contributed by atoms with Crippen molar-refractivity contribution >= 4 is 34.8 Å². The average molecular weight is 387 g/mol. The van der Waals surface area contributed by atoms with Crippen LogP contribution in [0.5, 0.6) is 0 Å². The van der Waals surface area contributed by atoms with Crippen LogP contribution in [0.4, 0.5) is 5.69 Å². The Bertz CT molecular complexity index is 1000. The highest BCUT2D eigenvalue weighted by molar-refractivity contribution is 6.42. The van der Waals surface area contributed by atoms with E-state index in [4.69, 9.17) is 23.2 Å². The summed E-state index contributed by atoms with van der Waals surface area (Å²) in [5, 5.41) is 0.879. The van der Waals surface area contributed by atoms with Gasteiger partial charge in [0.1, 0.15) is 0 Å². The molecule has 26 heavy (non-hydrogen) atoms. The van der Waals surface area contributed by atoms with Gasteiger partial charge in [0.05, 0.1) is 22.2 Å². The average Bonchev–Trinajstić information content (AvgIpc) is 2.66. The molecule has 0 atom stereocenters. The Kier molecular flexibility index (Phi) is 5.45. The summed E-state index contributed by atoms with van der Waals surface area (Å²) in [4.78, 5) is 26.4. The number of hydrogen-bond acceptors (Lipinski definition) is 2. The van der Waals surface area contributed by atoms with E-state index >= 15 is 0 Å². The van der Waals surface area contributed by atoms with E-state index in [2.05, 4.69) is 0 Å². The molecule has 0 N–H and O–H groups in total. The number of halogens is 2. The first-order valence-corrected chi connectivity index (χ1v) is 8.69. The summed E-state index contributed by atoms with van der Waals surface area (Å²) in [7, 11) is 1.70. The Morgan fingerprint density at radius 3 is 2.42 bits per heavy atom. The predicted molar refractivity (Wildman–Crippen MR) is 105 cm³/mol. The van der Waals surface area contributed by atoms with E-state index in [-0.39, 0.29) is 11.5 Å². The second-order valence-corrected chi connectivity index (χ2v) is 6.65. The van der Waals surface area contributed by atoms with Crippen LogP contribution < -0.4 is 10.5 Å². The molecule has 0 radical (unpaired) electrons. The Morgan fingerprint density at radius 1 is 1.00 bits per heavy atom. The van der Waals surface area contributed by atoms with Gasteiger partial charge in [-0.2, -0.15) is 0 Å². The number of aromatic nitrogens is 1. The smallest absolute Gasteiger partial charge is 0.259 e. The van der Waals surface area contributed by atoms with Crippen LogP contribution in [0.1, 0.15) is 15.9 Å². The second kappa shape index (κ2) is 7.77. The summed E-state index contributed by atoms with van der Waals surface area (Å²) >= 11 is 12.0. The minimum atomic E-state index is -0.199. The number of rotatable bonds is 4. The van der Waals surface area contributed by atoms with Crippen molar-refractivity contribution in [3.63, 3.8) is 0 Å². The number of anilines is 1. The SMILES string of the molecule is CN(C(=O)c1ccc(=O)n(Cc2ccc(Cl)c(Cl)c2)c1)c1ccccc1.